The van der Waals surface area contributed by atoms with Gasteiger partial charge in [0, 0.05) is 26.1 Å². The van der Waals surface area contributed by atoms with Crippen LogP contribution in [0.2, 0.25) is 0 Å². The van der Waals surface area contributed by atoms with E-state index in [1.165, 1.54) is 4.90 Å². The van der Waals surface area contributed by atoms with Crippen molar-refractivity contribution in [3.63, 3.8) is 0 Å². The second kappa shape index (κ2) is 14.9. The van der Waals surface area contributed by atoms with E-state index in [4.69, 9.17) is 4.74 Å². The van der Waals surface area contributed by atoms with Crippen LogP contribution in [0.15, 0.2) is 54.6 Å². The molecule has 12 heteroatoms. The van der Waals surface area contributed by atoms with E-state index in [2.05, 4.69) is 22.0 Å². The highest BCUT2D eigenvalue weighted by molar-refractivity contribution is 5.96. The van der Waals surface area contributed by atoms with Gasteiger partial charge in [0.1, 0.15) is 29.9 Å². The molecule has 4 heterocycles. The Kier molecular flexibility index (Phi) is 10.7. The van der Waals surface area contributed by atoms with Crippen LogP contribution in [0.1, 0.15) is 57.6 Å². The lowest BCUT2D eigenvalue weighted by Gasteiger charge is -2.39. The first-order valence-electron chi connectivity index (χ1n) is 16.7. The van der Waals surface area contributed by atoms with Crippen molar-refractivity contribution in [2.75, 3.05) is 26.2 Å². The normalized spacial score (nSPS) is 25.4. The van der Waals surface area contributed by atoms with E-state index in [9.17, 15) is 29.2 Å². The molecule has 4 aliphatic rings. The average molecular weight is 657 g/mol. The standard InChI is InChI=1S/C36H44N6O6/c1-23(2)31-35(47)42-17-7-10-29(42)33(45)38-24(3)32(44)39-28(20-25-11-13-27(14-12-25)48-21-30(43)40-31)34(46)41-18-15-36(22-37,16-19-41)26-8-5-4-6-9-26/h4-6,8-9,11-14,23-24,28-29,31H,7,10,15-21H2,1-3H3,(H,38,45)(H,39,44)(H,40,43)/t24-,28-,29-,31+/m0/s1. The van der Waals surface area contributed by atoms with Gasteiger partial charge in [-0.2, -0.15) is 5.26 Å². The van der Waals surface area contributed by atoms with Gasteiger partial charge in [0.2, 0.25) is 23.6 Å². The maximum absolute atomic E-state index is 14.0. The van der Waals surface area contributed by atoms with E-state index in [-0.39, 0.29) is 30.8 Å². The monoisotopic (exact) mass is 656 g/mol. The summed E-state index contributed by atoms with van der Waals surface area (Å²) in [5, 5.41) is 18.5. The minimum Gasteiger partial charge on any atom is -0.484 e. The van der Waals surface area contributed by atoms with Gasteiger partial charge in [0.25, 0.3) is 5.91 Å². The van der Waals surface area contributed by atoms with E-state index in [1.54, 1.807) is 36.1 Å². The summed E-state index contributed by atoms with van der Waals surface area (Å²) >= 11 is 0. The van der Waals surface area contributed by atoms with E-state index in [0.29, 0.717) is 51.1 Å². The molecule has 6 rings (SSSR count). The van der Waals surface area contributed by atoms with Crippen LogP contribution in [0.4, 0.5) is 0 Å². The lowest BCUT2D eigenvalue weighted by molar-refractivity contribution is -0.143. The highest BCUT2D eigenvalue weighted by atomic mass is 16.5. The molecule has 12 nitrogen and oxygen atoms in total. The van der Waals surface area contributed by atoms with Gasteiger partial charge in [-0.1, -0.05) is 56.3 Å². The minimum absolute atomic E-state index is 0.172. The van der Waals surface area contributed by atoms with Crippen molar-refractivity contribution in [1.29, 1.82) is 5.26 Å². The van der Waals surface area contributed by atoms with Crippen LogP contribution in [0.25, 0.3) is 0 Å². The van der Waals surface area contributed by atoms with Crippen LogP contribution in [-0.4, -0.2) is 89.7 Å². The molecule has 3 N–H and O–H groups in total. The fourth-order valence-electron chi connectivity index (χ4n) is 6.74. The van der Waals surface area contributed by atoms with Crippen molar-refractivity contribution in [3.05, 3.63) is 65.7 Å². The lowest BCUT2D eigenvalue weighted by Crippen LogP contribution is -2.59. The number of rotatable bonds is 3. The smallest absolute Gasteiger partial charge is 0.258 e. The van der Waals surface area contributed by atoms with Crippen LogP contribution in [0.5, 0.6) is 5.75 Å². The van der Waals surface area contributed by atoms with Crippen LogP contribution in [0.3, 0.4) is 0 Å². The maximum Gasteiger partial charge on any atom is 0.258 e. The van der Waals surface area contributed by atoms with E-state index < -0.39 is 47.3 Å². The first-order chi connectivity index (χ1) is 23.0. The van der Waals surface area contributed by atoms with Gasteiger partial charge in [-0.05, 0) is 61.8 Å². The molecule has 0 aromatic heterocycles. The number of carbonyl (C=O) groups excluding carboxylic acids is 5. The summed E-state index contributed by atoms with van der Waals surface area (Å²) in [4.78, 5) is 70.6. The van der Waals surface area contributed by atoms with Crippen LogP contribution in [0, 0.1) is 17.2 Å². The zero-order valence-electron chi connectivity index (χ0n) is 27.7. The van der Waals surface area contributed by atoms with Crippen molar-refractivity contribution < 1.29 is 28.7 Å². The quantitative estimate of drug-likeness (QED) is 0.454. The number of nitrogens with one attached hydrogen (secondary N) is 3. The number of hydrogen-bond acceptors (Lipinski definition) is 7. The Balaban J connectivity index is 1.37. The number of carbonyl (C=O) groups is 5. The van der Waals surface area contributed by atoms with Crippen LogP contribution in [-0.2, 0) is 35.8 Å². The number of fused-ring (bicyclic) bond motifs is 13. The number of nitrogens with zero attached hydrogens (tertiary/aromatic N) is 3. The molecule has 2 aromatic carbocycles. The zero-order chi connectivity index (χ0) is 34.4. The molecule has 2 bridgehead atoms. The first-order valence-corrected chi connectivity index (χ1v) is 16.7. The van der Waals surface area contributed by atoms with Crippen molar-refractivity contribution in [1.82, 2.24) is 25.8 Å². The summed E-state index contributed by atoms with van der Waals surface area (Å²) in [6.07, 6.45) is 2.11. The fraction of sp³-hybridized carbons (Fsp3) is 0.500. The summed E-state index contributed by atoms with van der Waals surface area (Å²) in [6, 6.07) is 15.4. The largest absolute Gasteiger partial charge is 0.484 e. The topological polar surface area (TPSA) is 161 Å². The van der Waals surface area contributed by atoms with Crippen molar-refractivity contribution in [3.8, 4) is 11.8 Å². The fourth-order valence-corrected chi connectivity index (χ4v) is 6.74. The average Bonchev–Trinajstić information content (AvgIpc) is 3.60. The number of hydrogen-bond donors (Lipinski definition) is 3. The van der Waals surface area contributed by atoms with Gasteiger partial charge in [-0.3, -0.25) is 24.0 Å². The predicted octanol–water partition coefficient (Wildman–Crippen LogP) is 1.83. The number of piperidine rings is 1. The Morgan fingerprint density at radius 3 is 2.27 bits per heavy atom. The Morgan fingerprint density at radius 2 is 1.62 bits per heavy atom. The molecule has 0 spiro atoms. The predicted molar refractivity (Wildman–Crippen MR) is 176 cm³/mol. The Bertz CT molecular complexity index is 1550. The third-order valence-electron chi connectivity index (χ3n) is 9.66. The molecule has 48 heavy (non-hydrogen) atoms. The van der Waals surface area contributed by atoms with E-state index >= 15 is 0 Å². The second-order valence-electron chi connectivity index (χ2n) is 13.3. The van der Waals surface area contributed by atoms with Crippen molar-refractivity contribution in [2.24, 2.45) is 5.92 Å². The molecule has 2 aromatic rings. The van der Waals surface area contributed by atoms with Crippen LogP contribution < -0.4 is 20.7 Å². The summed E-state index contributed by atoms with van der Waals surface area (Å²) in [5.41, 5.74) is 0.972. The number of ether oxygens (including phenoxy) is 1. The Morgan fingerprint density at radius 1 is 0.938 bits per heavy atom. The van der Waals surface area contributed by atoms with E-state index in [0.717, 1.165) is 11.1 Å². The SMILES string of the molecule is CC(C)[C@H]1NC(=O)COc2ccc(cc2)C[C@@H](C(=O)N2CCC(C#N)(c3ccccc3)CC2)NC(=O)[C@H](C)NC(=O)[C@@H]2CCCN2C1=O. The minimum atomic E-state index is -0.991. The molecule has 0 aliphatic carbocycles. The second-order valence-corrected chi connectivity index (χ2v) is 13.3. The van der Waals surface area contributed by atoms with Gasteiger partial charge >= 0.3 is 0 Å². The molecule has 0 unspecified atom stereocenters. The lowest BCUT2D eigenvalue weighted by atomic mass is 9.74. The summed E-state index contributed by atoms with van der Waals surface area (Å²) in [6.45, 7) is 5.92. The van der Waals surface area contributed by atoms with Crippen molar-refractivity contribution in [2.45, 2.75) is 82.5 Å². The summed E-state index contributed by atoms with van der Waals surface area (Å²) in [7, 11) is 0. The number of likely N-dealkylation sites (tertiary alicyclic amines) is 1. The number of amides is 5. The summed E-state index contributed by atoms with van der Waals surface area (Å²) < 4.78 is 5.70. The van der Waals surface area contributed by atoms with Gasteiger partial charge < -0.3 is 30.5 Å². The summed E-state index contributed by atoms with van der Waals surface area (Å²) in [5.74, 6) is -1.93. The van der Waals surface area contributed by atoms with Gasteiger partial charge in [0.15, 0.2) is 6.61 Å². The molecule has 4 aliphatic heterocycles. The van der Waals surface area contributed by atoms with Crippen LogP contribution >= 0.6 is 0 Å². The van der Waals surface area contributed by atoms with E-state index in [1.807, 2.05) is 44.2 Å². The highest BCUT2D eigenvalue weighted by Crippen LogP contribution is 2.35. The van der Waals surface area contributed by atoms with Crippen molar-refractivity contribution >= 4 is 29.5 Å². The zero-order valence-corrected chi connectivity index (χ0v) is 27.7. The first kappa shape index (κ1) is 34.4. The molecule has 254 valence electrons. The van der Waals surface area contributed by atoms with Gasteiger partial charge in [-0.25, -0.2) is 0 Å². The molecular weight excluding hydrogens is 612 g/mol. The number of nitriles is 1. The molecule has 0 radical (unpaired) electrons. The molecule has 2 fully saturated rings. The third kappa shape index (κ3) is 7.62. The molecule has 5 amide bonds. The molecule has 0 saturated carbocycles. The maximum atomic E-state index is 14.0. The molecule has 2 saturated heterocycles. The Hall–Kier alpha value is -4.92. The third-order valence-corrected chi connectivity index (χ3v) is 9.66. The molecule has 4 atom stereocenters. The van der Waals surface area contributed by atoms with Gasteiger partial charge in [-0.15, -0.1) is 0 Å². The number of benzene rings is 2. The molecular formula is C36H44N6O6. The van der Waals surface area contributed by atoms with Gasteiger partial charge in [0.05, 0.1) is 11.5 Å². The highest BCUT2D eigenvalue weighted by Gasteiger charge is 2.41. The Labute approximate surface area is 281 Å².